The Morgan fingerprint density at radius 3 is 1.00 bits per heavy atom. The molecule has 0 unspecified atom stereocenters. The van der Waals surface area contributed by atoms with Crippen LogP contribution in [0.4, 0.5) is 0 Å². The van der Waals surface area contributed by atoms with Gasteiger partial charge in [-0.3, -0.25) is 0 Å². The quantitative estimate of drug-likeness (QED) is 0.420. The first-order chi connectivity index (χ1) is 0. The fourth-order valence-corrected chi connectivity index (χ4v) is 0. The molecule has 0 aliphatic carbocycles. The molecule has 0 fully saturated rings. The summed E-state index contributed by atoms with van der Waals surface area (Å²) in [5.74, 6) is 0. The van der Waals surface area contributed by atoms with Crippen LogP contribution in [0.5, 0.6) is 0 Å². The molecule has 0 saturated carbocycles. The van der Waals surface area contributed by atoms with Crippen LogP contribution in [-0.2, 0) is 39.4 Å². The zero-order valence-electron chi connectivity index (χ0n) is 0.603. The predicted octanol–water partition coefficient (Wildman–Crippen LogP) is -1.57. The second-order valence-electron chi connectivity index (χ2n) is 0. The van der Waals surface area contributed by atoms with Crippen molar-refractivity contribution in [2.45, 2.75) is 0 Å². The molecular weight excluding hydrogens is 203 g/mol. The third kappa shape index (κ3) is 8.82. The third-order valence-electron chi connectivity index (χ3n) is 0. The van der Waals surface area contributed by atoms with Gasteiger partial charge in [0.15, 0.2) is 0 Å². The Hall–Kier alpha value is 2.62. The van der Waals surface area contributed by atoms with E-state index in [0.717, 1.165) is 0 Å². The van der Waals surface area contributed by atoms with E-state index in [-0.39, 0.29) is 81.4 Å². The molecule has 0 aliphatic rings. The van der Waals surface area contributed by atoms with E-state index in [1.807, 2.05) is 0 Å². The molecule has 0 heterocycles. The van der Waals surface area contributed by atoms with Gasteiger partial charge in [-0.25, -0.2) is 0 Å². The summed E-state index contributed by atoms with van der Waals surface area (Å²) < 4.78 is 0. The smallest absolute Gasteiger partial charge is 0.316 e. The van der Waals surface area contributed by atoms with E-state index in [1.54, 1.807) is 0 Å². The Bertz CT molecular complexity index is 8.00. The molecule has 0 spiro atoms. The minimum Gasteiger partial charge on any atom is 0.316 e. The molecule has 0 aromatic heterocycles. The van der Waals surface area contributed by atoms with Crippen molar-refractivity contribution >= 4 is 41.9 Å². The van der Waals surface area contributed by atoms with Gasteiger partial charge in [-0.2, -0.15) is 0 Å². The van der Waals surface area contributed by atoms with Gasteiger partial charge < -0.3 is 0 Å². The van der Waals surface area contributed by atoms with Crippen LogP contribution in [0.15, 0.2) is 0 Å². The van der Waals surface area contributed by atoms with Gasteiger partial charge in [0.25, 0.3) is 0 Å². The van der Waals surface area contributed by atoms with E-state index >= 15 is 0 Å². The summed E-state index contributed by atoms with van der Waals surface area (Å²) in [5, 5.41) is 0. The molecule has 0 atom stereocenters. The Morgan fingerprint density at radius 2 is 1.00 bits per heavy atom. The zero-order valence-corrected chi connectivity index (χ0v) is 3.03. The molecule has 2 radical (unpaired) electrons. The fourth-order valence-electron chi connectivity index (χ4n) is 0. The first kappa shape index (κ1) is 30.4. The monoisotopic (exact) mass is 204 g/mol. The van der Waals surface area contributed by atoms with Gasteiger partial charge in [0.2, 0.25) is 0 Å². The van der Waals surface area contributed by atoms with Crippen LogP contribution in [0.25, 0.3) is 0 Å². The van der Waals surface area contributed by atoms with Crippen LogP contribution in [0.3, 0.4) is 0 Å². The molecular formula is H3AgCuLiMg. The molecule has 0 rings (SSSR count). The summed E-state index contributed by atoms with van der Waals surface area (Å²) in [5.41, 5.74) is 0. The van der Waals surface area contributed by atoms with Gasteiger partial charge in [0.05, 0.1) is 0 Å². The second-order valence-corrected chi connectivity index (χ2v) is 0. The van der Waals surface area contributed by atoms with Gasteiger partial charge in [0, 0.05) is 39.4 Å². The van der Waals surface area contributed by atoms with Crippen molar-refractivity contribution in [2.24, 2.45) is 0 Å². The van der Waals surface area contributed by atoms with Crippen LogP contribution in [-0.4, -0.2) is 41.9 Å². The number of hydrogen-bond donors (Lipinski definition) is 0. The van der Waals surface area contributed by atoms with Crippen molar-refractivity contribution in [3.63, 3.8) is 0 Å². The van der Waals surface area contributed by atoms with E-state index in [2.05, 4.69) is 0 Å². The van der Waals surface area contributed by atoms with Crippen molar-refractivity contribution in [3.05, 3.63) is 0 Å². The summed E-state index contributed by atoms with van der Waals surface area (Å²) >= 11 is 0. The van der Waals surface area contributed by atoms with E-state index in [0.29, 0.717) is 0 Å². The molecule has 0 aromatic rings. The topological polar surface area (TPSA) is 0 Å². The summed E-state index contributed by atoms with van der Waals surface area (Å²) in [6, 6.07) is 0. The van der Waals surface area contributed by atoms with Crippen molar-refractivity contribution in [2.75, 3.05) is 0 Å². The summed E-state index contributed by atoms with van der Waals surface area (Å²) in [4.78, 5) is 0. The molecule has 0 aromatic carbocycles. The van der Waals surface area contributed by atoms with Crippen molar-refractivity contribution in [3.8, 4) is 0 Å². The first-order valence-electron chi connectivity index (χ1n) is 0. The summed E-state index contributed by atoms with van der Waals surface area (Å²) in [7, 11) is 0. The molecule has 0 bridgehead atoms. The maximum Gasteiger partial charge on any atom is 0.316 e. The maximum atomic E-state index is 0. The van der Waals surface area contributed by atoms with Crippen LogP contribution in [0.2, 0.25) is 0 Å². The Kier molecular flexibility index (Phi) is 133. The fraction of sp³-hybridized carbons (Fsp3) is 0. The Morgan fingerprint density at radius 1 is 1.00 bits per heavy atom. The Balaban J connectivity index is 0. The number of hydrogen-bond acceptors (Lipinski definition) is 0. The van der Waals surface area contributed by atoms with Gasteiger partial charge in [-0.15, -0.1) is 0 Å². The largest absolute Gasteiger partial charge is 0.316 e. The normalized spacial score (nSPS) is 0. The van der Waals surface area contributed by atoms with E-state index in [9.17, 15) is 0 Å². The molecule has 0 aliphatic heterocycles. The first-order valence-corrected chi connectivity index (χ1v) is 0. The average molecular weight is 206 g/mol. The van der Waals surface area contributed by atoms with Gasteiger partial charge in [-0.05, 0) is 0 Å². The minimum atomic E-state index is 0. The summed E-state index contributed by atoms with van der Waals surface area (Å²) in [6.07, 6.45) is 0. The number of rotatable bonds is 0. The molecule has 0 nitrogen and oxygen atoms in total. The van der Waals surface area contributed by atoms with Crippen LogP contribution >= 0.6 is 0 Å². The molecule has 4 heteroatoms. The van der Waals surface area contributed by atoms with Gasteiger partial charge in [0.1, 0.15) is 0 Å². The standard InChI is InChI=1S/Ag.Cu.Li.Mg.3H. The molecule has 4 heavy (non-hydrogen) atoms. The van der Waals surface area contributed by atoms with Gasteiger partial charge in [-0.1, -0.05) is 0 Å². The van der Waals surface area contributed by atoms with E-state index in [1.165, 1.54) is 0 Å². The van der Waals surface area contributed by atoms with E-state index < -0.39 is 0 Å². The Labute approximate surface area is 80.2 Å². The van der Waals surface area contributed by atoms with Gasteiger partial charge >= 0.3 is 41.9 Å². The van der Waals surface area contributed by atoms with E-state index in [4.69, 9.17) is 0 Å². The predicted molar refractivity (Wildman–Crippen MR) is 15.7 cm³/mol. The van der Waals surface area contributed by atoms with Crippen molar-refractivity contribution in [1.29, 1.82) is 0 Å². The average Bonchev–Trinajstić information content (AvgIpc) is 0. The molecule has 0 saturated heterocycles. The zero-order chi connectivity index (χ0) is 0. The second kappa shape index (κ2) is 17.5. The third-order valence-corrected chi connectivity index (χ3v) is 0. The molecule has 0 N–H and O–H groups in total. The maximum absolute atomic E-state index is 0. The summed E-state index contributed by atoms with van der Waals surface area (Å²) in [6.45, 7) is 0. The van der Waals surface area contributed by atoms with Crippen LogP contribution in [0, 0.1) is 0 Å². The van der Waals surface area contributed by atoms with Crippen LogP contribution in [0.1, 0.15) is 0 Å². The SMILES string of the molecule is [Ag].[Cu].[LiH].[MgH2]. The van der Waals surface area contributed by atoms with Crippen molar-refractivity contribution < 1.29 is 39.4 Å². The van der Waals surface area contributed by atoms with Crippen LogP contribution < -0.4 is 0 Å². The molecule has 0 amide bonds. The van der Waals surface area contributed by atoms with Crippen molar-refractivity contribution in [1.82, 2.24) is 0 Å². The molecule has 28 valence electrons. The minimum absolute atomic E-state index is 0.